The minimum absolute atomic E-state index is 0.0778. The highest BCUT2D eigenvalue weighted by Crippen LogP contribution is 2.31. The summed E-state index contributed by atoms with van der Waals surface area (Å²) in [5, 5.41) is 7.13. The first-order valence-corrected chi connectivity index (χ1v) is 10.4. The summed E-state index contributed by atoms with van der Waals surface area (Å²) < 4.78 is 0. The Morgan fingerprint density at radius 2 is 1.19 bits per heavy atom. The third-order valence-corrected chi connectivity index (χ3v) is 5.48. The summed E-state index contributed by atoms with van der Waals surface area (Å²) >= 11 is 0. The molecule has 0 amide bonds. The van der Waals surface area contributed by atoms with Gasteiger partial charge in [0.25, 0.3) is 0 Å². The molecule has 1 saturated carbocycles. The molecule has 2 unspecified atom stereocenters. The van der Waals surface area contributed by atoms with E-state index in [1.54, 1.807) is 24.3 Å². The molecule has 1 aliphatic rings. The Bertz CT molecular complexity index is 959. The first kappa shape index (κ1) is 21.9. The largest absolute Gasteiger partial charge is 0.299 e. The fraction of sp³-hybridized carbons (Fsp3) is 0.292. The standard InChI is InChI=1S/C24H24N6O/c25-29-27-22-14-10-18(11-15-22)4-1-6-20-8-3-9-21(24(20)31)7-2-5-19-12-16-23(17-13-19)28-30-26/h1-2,4-5,10-17,20-21H,3,6-9H2. The van der Waals surface area contributed by atoms with Gasteiger partial charge in [-0.1, -0.05) is 89.5 Å². The second kappa shape index (κ2) is 11.4. The first-order chi connectivity index (χ1) is 15.2. The van der Waals surface area contributed by atoms with Crippen LogP contribution in [0.25, 0.3) is 33.0 Å². The number of ketones is 1. The lowest BCUT2D eigenvalue weighted by Crippen LogP contribution is -2.27. The SMILES string of the molecule is [N-]=[N+]=Nc1ccc(C=CCC2CCCC(CC=Cc3ccc(N=[N+]=[N-])cc3)C2=O)cc1. The molecule has 0 bridgehead atoms. The van der Waals surface area contributed by atoms with Gasteiger partial charge in [-0.25, -0.2) is 0 Å². The maximum absolute atomic E-state index is 12.9. The summed E-state index contributed by atoms with van der Waals surface area (Å²) in [5.74, 6) is 0.515. The van der Waals surface area contributed by atoms with Crippen molar-refractivity contribution in [1.82, 2.24) is 0 Å². The zero-order valence-corrected chi connectivity index (χ0v) is 17.2. The molecule has 156 valence electrons. The maximum atomic E-state index is 12.9. The number of carbonyl (C=O) groups is 1. The number of carbonyl (C=O) groups excluding carboxylic acids is 1. The molecule has 7 heteroatoms. The van der Waals surface area contributed by atoms with Crippen LogP contribution in [-0.4, -0.2) is 5.78 Å². The molecular weight excluding hydrogens is 388 g/mol. The average molecular weight is 412 g/mol. The second-order valence-corrected chi connectivity index (χ2v) is 7.57. The van der Waals surface area contributed by atoms with E-state index < -0.39 is 0 Å². The fourth-order valence-corrected chi connectivity index (χ4v) is 3.84. The van der Waals surface area contributed by atoms with Gasteiger partial charge in [0.15, 0.2) is 0 Å². The third kappa shape index (κ3) is 6.61. The number of hydrogen-bond acceptors (Lipinski definition) is 3. The molecule has 1 fully saturated rings. The molecule has 7 nitrogen and oxygen atoms in total. The topological polar surface area (TPSA) is 115 Å². The second-order valence-electron chi connectivity index (χ2n) is 7.57. The van der Waals surface area contributed by atoms with Crippen LogP contribution in [0.5, 0.6) is 0 Å². The van der Waals surface area contributed by atoms with E-state index in [-0.39, 0.29) is 11.8 Å². The Kier molecular flexibility index (Phi) is 8.06. The van der Waals surface area contributed by atoms with Gasteiger partial charge in [-0.05, 0) is 47.9 Å². The molecule has 2 aromatic rings. The van der Waals surface area contributed by atoms with Crippen LogP contribution < -0.4 is 0 Å². The lowest BCUT2D eigenvalue weighted by Gasteiger charge is -2.26. The van der Waals surface area contributed by atoms with E-state index in [1.165, 1.54) is 0 Å². The van der Waals surface area contributed by atoms with E-state index >= 15 is 0 Å². The van der Waals surface area contributed by atoms with Crippen molar-refractivity contribution in [3.63, 3.8) is 0 Å². The summed E-state index contributed by atoms with van der Waals surface area (Å²) in [6.45, 7) is 0. The minimum Gasteiger partial charge on any atom is -0.299 e. The van der Waals surface area contributed by atoms with Crippen LogP contribution in [-0.2, 0) is 4.79 Å². The van der Waals surface area contributed by atoms with E-state index in [0.717, 1.165) is 43.2 Å². The van der Waals surface area contributed by atoms with Gasteiger partial charge >= 0.3 is 0 Å². The summed E-state index contributed by atoms with van der Waals surface area (Å²) in [4.78, 5) is 18.4. The molecule has 0 aliphatic heterocycles. The number of Topliss-reactive ketones (excluding diaryl/α,β-unsaturated/α-hetero) is 1. The predicted molar refractivity (Wildman–Crippen MR) is 124 cm³/mol. The smallest absolute Gasteiger partial charge is 0.139 e. The van der Waals surface area contributed by atoms with Crippen LogP contribution in [0.15, 0.2) is 70.9 Å². The molecule has 31 heavy (non-hydrogen) atoms. The van der Waals surface area contributed by atoms with Crippen molar-refractivity contribution in [2.24, 2.45) is 22.1 Å². The maximum Gasteiger partial charge on any atom is 0.139 e. The Morgan fingerprint density at radius 3 is 1.58 bits per heavy atom. The third-order valence-electron chi connectivity index (χ3n) is 5.48. The van der Waals surface area contributed by atoms with Gasteiger partial charge < -0.3 is 0 Å². The Balaban J connectivity index is 1.51. The van der Waals surface area contributed by atoms with Gasteiger partial charge in [-0.2, -0.15) is 0 Å². The quantitative estimate of drug-likeness (QED) is 0.243. The summed E-state index contributed by atoms with van der Waals surface area (Å²) in [7, 11) is 0. The lowest BCUT2D eigenvalue weighted by atomic mass is 9.77. The van der Waals surface area contributed by atoms with Crippen LogP contribution in [0, 0.1) is 11.8 Å². The van der Waals surface area contributed by atoms with Crippen LogP contribution in [0.4, 0.5) is 11.4 Å². The monoisotopic (exact) mass is 412 g/mol. The zero-order valence-electron chi connectivity index (χ0n) is 17.2. The van der Waals surface area contributed by atoms with Gasteiger partial charge in [-0.15, -0.1) is 0 Å². The van der Waals surface area contributed by atoms with E-state index in [2.05, 4.69) is 32.2 Å². The zero-order chi connectivity index (χ0) is 21.9. The Hall–Kier alpha value is -3.79. The normalized spacial score (nSPS) is 18.6. The fourth-order valence-electron chi connectivity index (χ4n) is 3.84. The minimum atomic E-state index is 0.0778. The highest BCUT2D eigenvalue weighted by molar-refractivity contribution is 5.84. The van der Waals surface area contributed by atoms with E-state index in [0.29, 0.717) is 17.2 Å². The molecule has 1 aliphatic carbocycles. The lowest BCUT2D eigenvalue weighted by molar-refractivity contribution is -0.128. The molecule has 3 rings (SSSR count). The molecule has 2 aromatic carbocycles. The number of allylic oxidation sites excluding steroid dienone is 2. The summed E-state index contributed by atoms with van der Waals surface area (Å²) in [5.41, 5.74) is 20.1. The number of azide groups is 2. The molecule has 0 aromatic heterocycles. The predicted octanol–water partition coefficient (Wildman–Crippen LogP) is 8.06. The summed E-state index contributed by atoms with van der Waals surface area (Å²) in [6.07, 6.45) is 12.6. The molecule has 2 atom stereocenters. The number of nitrogens with zero attached hydrogens (tertiary/aromatic N) is 6. The Morgan fingerprint density at radius 1 is 0.774 bits per heavy atom. The van der Waals surface area contributed by atoms with Crippen LogP contribution in [0.3, 0.4) is 0 Å². The van der Waals surface area contributed by atoms with E-state index in [4.69, 9.17) is 11.1 Å². The van der Waals surface area contributed by atoms with E-state index in [9.17, 15) is 4.79 Å². The average Bonchev–Trinajstić information content (AvgIpc) is 2.79. The molecular formula is C24H24N6O. The van der Waals surface area contributed by atoms with Gasteiger partial charge in [0.05, 0.1) is 0 Å². The highest BCUT2D eigenvalue weighted by Gasteiger charge is 2.29. The molecule has 0 saturated heterocycles. The Labute approximate surface area is 181 Å². The van der Waals surface area contributed by atoms with Crippen molar-refractivity contribution >= 4 is 29.3 Å². The van der Waals surface area contributed by atoms with Crippen molar-refractivity contribution in [1.29, 1.82) is 0 Å². The van der Waals surface area contributed by atoms with Crippen LogP contribution in [0.1, 0.15) is 43.2 Å². The van der Waals surface area contributed by atoms with Crippen molar-refractivity contribution in [3.8, 4) is 0 Å². The van der Waals surface area contributed by atoms with Gasteiger partial charge in [0, 0.05) is 33.0 Å². The number of benzene rings is 2. The summed E-state index contributed by atoms with van der Waals surface area (Å²) in [6, 6.07) is 14.7. The number of rotatable bonds is 8. The van der Waals surface area contributed by atoms with Crippen molar-refractivity contribution < 1.29 is 4.79 Å². The van der Waals surface area contributed by atoms with E-state index in [1.807, 2.05) is 36.4 Å². The molecule has 0 radical (unpaired) electrons. The van der Waals surface area contributed by atoms with Gasteiger partial charge in [-0.3, -0.25) is 4.79 Å². The molecule has 0 N–H and O–H groups in total. The van der Waals surface area contributed by atoms with Crippen molar-refractivity contribution in [2.45, 2.75) is 32.1 Å². The van der Waals surface area contributed by atoms with Crippen LogP contribution in [0.2, 0.25) is 0 Å². The number of hydrogen-bond donors (Lipinski definition) is 0. The first-order valence-electron chi connectivity index (χ1n) is 10.4. The highest BCUT2D eigenvalue weighted by atomic mass is 16.1. The van der Waals surface area contributed by atoms with Crippen molar-refractivity contribution in [2.75, 3.05) is 0 Å². The van der Waals surface area contributed by atoms with Crippen molar-refractivity contribution in [3.05, 3.63) is 92.7 Å². The molecule has 0 spiro atoms. The molecule has 0 heterocycles. The van der Waals surface area contributed by atoms with Crippen LogP contribution >= 0.6 is 0 Å². The van der Waals surface area contributed by atoms with Gasteiger partial charge in [0.1, 0.15) is 5.78 Å². The van der Waals surface area contributed by atoms with Gasteiger partial charge in [0.2, 0.25) is 0 Å².